The molecule has 0 bridgehead atoms. The van der Waals surface area contributed by atoms with Crippen LogP contribution in [0.4, 0.5) is 4.39 Å². The van der Waals surface area contributed by atoms with Crippen molar-refractivity contribution in [2.75, 3.05) is 0 Å². The summed E-state index contributed by atoms with van der Waals surface area (Å²) in [5.41, 5.74) is 2.31. The van der Waals surface area contributed by atoms with Crippen molar-refractivity contribution >= 4 is 17.4 Å². The van der Waals surface area contributed by atoms with Crippen LogP contribution in [0.3, 0.4) is 0 Å². The second-order valence-corrected chi connectivity index (χ2v) is 4.71. The Morgan fingerprint density at radius 3 is 2.50 bits per heavy atom. The summed E-state index contributed by atoms with van der Waals surface area (Å²) in [6, 6.07) is 9.53. The zero-order valence-corrected chi connectivity index (χ0v) is 10.9. The zero-order chi connectivity index (χ0) is 13.3. The highest BCUT2D eigenvalue weighted by Crippen LogP contribution is 2.21. The molecule has 0 spiro atoms. The average Bonchev–Trinajstić information content (AvgIpc) is 2.34. The van der Waals surface area contributed by atoms with E-state index in [1.165, 1.54) is 18.2 Å². The number of hydrogen-bond donors (Lipinski definition) is 0. The molecule has 3 heteroatoms. The van der Waals surface area contributed by atoms with Crippen molar-refractivity contribution in [2.24, 2.45) is 0 Å². The molecule has 2 aromatic rings. The Bertz CT molecular complexity index is 566. The van der Waals surface area contributed by atoms with Crippen LogP contribution in [0.5, 0.6) is 0 Å². The van der Waals surface area contributed by atoms with Gasteiger partial charge in [0.1, 0.15) is 5.82 Å². The predicted octanol–water partition coefficient (Wildman–Crippen LogP) is 4.33. The number of carbonyl (C=O) groups is 1. The van der Waals surface area contributed by atoms with Gasteiger partial charge < -0.3 is 0 Å². The van der Waals surface area contributed by atoms with Gasteiger partial charge in [0.25, 0.3) is 0 Å². The van der Waals surface area contributed by atoms with Gasteiger partial charge in [-0.15, -0.1) is 0 Å². The SMILES string of the molecule is Cc1ccc(C)c(C(=O)c2cc(Cl)ccc2F)c1. The summed E-state index contributed by atoms with van der Waals surface area (Å²) in [7, 11) is 0. The maximum Gasteiger partial charge on any atom is 0.196 e. The van der Waals surface area contributed by atoms with Crippen LogP contribution >= 0.6 is 11.6 Å². The molecule has 92 valence electrons. The molecule has 0 saturated carbocycles. The normalized spacial score (nSPS) is 10.4. The quantitative estimate of drug-likeness (QED) is 0.737. The zero-order valence-electron chi connectivity index (χ0n) is 10.1. The van der Waals surface area contributed by atoms with Gasteiger partial charge >= 0.3 is 0 Å². The molecule has 0 saturated heterocycles. The fraction of sp³-hybridized carbons (Fsp3) is 0.133. The van der Waals surface area contributed by atoms with E-state index in [9.17, 15) is 9.18 Å². The summed E-state index contributed by atoms with van der Waals surface area (Å²) in [4.78, 5) is 12.3. The molecule has 0 N–H and O–H groups in total. The van der Waals surface area contributed by atoms with Crippen molar-refractivity contribution in [2.45, 2.75) is 13.8 Å². The lowest BCUT2D eigenvalue weighted by Gasteiger charge is -2.07. The third-order valence-corrected chi connectivity index (χ3v) is 3.05. The summed E-state index contributed by atoms with van der Waals surface area (Å²) in [5.74, 6) is -0.887. The lowest BCUT2D eigenvalue weighted by molar-refractivity contribution is 0.103. The first-order valence-corrected chi connectivity index (χ1v) is 5.94. The highest BCUT2D eigenvalue weighted by Gasteiger charge is 2.16. The van der Waals surface area contributed by atoms with Crippen LogP contribution < -0.4 is 0 Å². The third kappa shape index (κ3) is 2.44. The minimum atomic E-state index is -0.551. The second-order valence-electron chi connectivity index (χ2n) is 4.27. The Labute approximate surface area is 110 Å². The topological polar surface area (TPSA) is 17.1 Å². The minimum absolute atomic E-state index is 0.0104. The van der Waals surface area contributed by atoms with E-state index in [2.05, 4.69) is 0 Å². The van der Waals surface area contributed by atoms with Crippen LogP contribution in [0.2, 0.25) is 5.02 Å². The summed E-state index contributed by atoms with van der Waals surface area (Å²) >= 11 is 5.80. The molecule has 0 atom stereocenters. The van der Waals surface area contributed by atoms with Crippen molar-refractivity contribution in [1.82, 2.24) is 0 Å². The number of rotatable bonds is 2. The molecule has 0 unspecified atom stereocenters. The third-order valence-electron chi connectivity index (χ3n) is 2.81. The van der Waals surface area contributed by atoms with E-state index in [1.807, 2.05) is 26.0 Å². The Kier molecular flexibility index (Phi) is 3.48. The van der Waals surface area contributed by atoms with Gasteiger partial charge in [0.05, 0.1) is 5.56 Å². The van der Waals surface area contributed by atoms with E-state index >= 15 is 0 Å². The molecule has 0 aliphatic carbocycles. The smallest absolute Gasteiger partial charge is 0.196 e. The molecule has 0 aromatic heterocycles. The fourth-order valence-corrected chi connectivity index (χ4v) is 1.97. The van der Waals surface area contributed by atoms with E-state index in [0.29, 0.717) is 10.6 Å². The van der Waals surface area contributed by atoms with E-state index in [0.717, 1.165) is 11.1 Å². The minimum Gasteiger partial charge on any atom is -0.288 e. The molecule has 2 rings (SSSR count). The Balaban J connectivity index is 2.54. The Morgan fingerprint density at radius 1 is 1.06 bits per heavy atom. The molecular weight excluding hydrogens is 251 g/mol. The number of ketones is 1. The van der Waals surface area contributed by atoms with E-state index in [1.54, 1.807) is 6.07 Å². The van der Waals surface area contributed by atoms with Gasteiger partial charge in [0.2, 0.25) is 0 Å². The van der Waals surface area contributed by atoms with Gasteiger partial charge in [-0.05, 0) is 43.7 Å². The maximum atomic E-state index is 13.7. The highest BCUT2D eigenvalue weighted by molar-refractivity contribution is 6.31. The molecular formula is C15H12ClFO. The van der Waals surface area contributed by atoms with Crippen molar-refractivity contribution < 1.29 is 9.18 Å². The first kappa shape index (κ1) is 12.8. The van der Waals surface area contributed by atoms with Crippen molar-refractivity contribution in [1.29, 1.82) is 0 Å². The Hall–Kier alpha value is -1.67. The van der Waals surface area contributed by atoms with Gasteiger partial charge in [0, 0.05) is 10.6 Å². The first-order chi connectivity index (χ1) is 8.49. The van der Waals surface area contributed by atoms with Crippen molar-refractivity contribution in [3.63, 3.8) is 0 Å². The van der Waals surface area contributed by atoms with Crippen LogP contribution in [-0.4, -0.2) is 5.78 Å². The second kappa shape index (κ2) is 4.91. The molecule has 0 amide bonds. The van der Waals surface area contributed by atoms with Gasteiger partial charge in [-0.25, -0.2) is 4.39 Å². The van der Waals surface area contributed by atoms with E-state index in [4.69, 9.17) is 11.6 Å². The summed E-state index contributed by atoms with van der Waals surface area (Å²) in [6.45, 7) is 3.72. The molecule has 18 heavy (non-hydrogen) atoms. The van der Waals surface area contributed by atoms with Gasteiger partial charge in [-0.1, -0.05) is 29.3 Å². The predicted molar refractivity (Wildman–Crippen MR) is 70.8 cm³/mol. The molecule has 0 heterocycles. The fourth-order valence-electron chi connectivity index (χ4n) is 1.80. The number of hydrogen-bond acceptors (Lipinski definition) is 1. The largest absolute Gasteiger partial charge is 0.288 e. The maximum absolute atomic E-state index is 13.7. The molecule has 2 aromatic carbocycles. The molecule has 0 aliphatic heterocycles. The van der Waals surface area contributed by atoms with Crippen molar-refractivity contribution in [3.8, 4) is 0 Å². The number of aryl methyl sites for hydroxylation is 2. The van der Waals surface area contributed by atoms with Crippen LogP contribution in [0.15, 0.2) is 36.4 Å². The molecule has 1 nitrogen and oxygen atoms in total. The van der Waals surface area contributed by atoms with E-state index < -0.39 is 5.82 Å². The number of benzene rings is 2. The van der Waals surface area contributed by atoms with Crippen LogP contribution in [-0.2, 0) is 0 Å². The summed E-state index contributed by atoms with van der Waals surface area (Å²) < 4.78 is 13.7. The summed E-state index contributed by atoms with van der Waals surface area (Å²) in [5, 5.41) is 0.352. The number of carbonyl (C=O) groups excluding carboxylic acids is 1. The molecule has 0 radical (unpaired) electrons. The van der Waals surface area contributed by atoms with Crippen LogP contribution in [0.25, 0.3) is 0 Å². The van der Waals surface area contributed by atoms with Crippen LogP contribution in [0.1, 0.15) is 27.0 Å². The lowest BCUT2D eigenvalue weighted by Crippen LogP contribution is -2.06. The van der Waals surface area contributed by atoms with Gasteiger partial charge in [-0.3, -0.25) is 4.79 Å². The monoisotopic (exact) mass is 262 g/mol. The number of halogens is 2. The summed E-state index contributed by atoms with van der Waals surface area (Å²) in [6.07, 6.45) is 0. The molecule has 0 fully saturated rings. The highest BCUT2D eigenvalue weighted by atomic mass is 35.5. The van der Waals surface area contributed by atoms with E-state index in [-0.39, 0.29) is 11.3 Å². The molecule has 0 aliphatic rings. The Morgan fingerprint density at radius 2 is 1.78 bits per heavy atom. The van der Waals surface area contributed by atoms with Crippen molar-refractivity contribution in [3.05, 3.63) is 69.5 Å². The van der Waals surface area contributed by atoms with Crippen LogP contribution in [0, 0.1) is 19.7 Å². The standard InChI is InChI=1S/C15H12ClFO/c1-9-3-4-10(2)12(7-9)15(18)13-8-11(16)5-6-14(13)17/h3-8H,1-2H3. The van der Waals surface area contributed by atoms with Gasteiger partial charge in [0.15, 0.2) is 5.78 Å². The average molecular weight is 263 g/mol. The first-order valence-electron chi connectivity index (χ1n) is 5.56. The lowest BCUT2D eigenvalue weighted by atomic mass is 9.97. The van der Waals surface area contributed by atoms with Gasteiger partial charge in [-0.2, -0.15) is 0 Å².